The van der Waals surface area contributed by atoms with Crippen molar-refractivity contribution in [2.24, 2.45) is 11.7 Å². The standard InChI is InChI=1S/C11H22N2O/c1-3-10-5-4-7-13(8-6-10)11(14)9(2)12/h9-10H,3-8,12H2,1-2H3. The van der Waals surface area contributed by atoms with Crippen LogP contribution in [-0.4, -0.2) is 29.9 Å². The van der Waals surface area contributed by atoms with Gasteiger partial charge in [-0.15, -0.1) is 0 Å². The molecule has 2 atom stereocenters. The Hall–Kier alpha value is -0.570. The van der Waals surface area contributed by atoms with Crippen LogP contribution in [0.3, 0.4) is 0 Å². The molecule has 14 heavy (non-hydrogen) atoms. The van der Waals surface area contributed by atoms with Crippen molar-refractivity contribution in [2.75, 3.05) is 13.1 Å². The highest BCUT2D eigenvalue weighted by molar-refractivity contribution is 5.81. The summed E-state index contributed by atoms with van der Waals surface area (Å²) in [6.07, 6.45) is 4.78. The summed E-state index contributed by atoms with van der Waals surface area (Å²) in [7, 11) is 0. The Morgan fingerprint density at radius 1 is 1.50 bits per heavy atom. The Balaban J connectivity index is 2.45. The first-order chi connectivity index (χ1) is 6.65. The second kappa shape index (κ2) is 5.35. The maximum Gasteiger partial charge on any atom is 0.239 e. The van der Waals surface area contributed by atoms with Crippen molar-refractivity contribution < 1.29 is 4.79 Å². The highest BCUT2D eigenvalue weighted by Crippen LogP contribution is 2.20. The van der Waals surface area contributed by atoms with Gasteiger partial charge in [0.1, 0.15) is 0 Å². The predicted octanol–water partition coefficient (Wildman–Crippen LogP) is 1.37. The van der Waals surface area contributed by atoms with E-state index >= 15 is 0 Å². The minimum absolute atomic E-state index is 0.113. The zero-order chi connectivity index (χ0) is 10.6. The van der Waals surface area contributed by atoms with E-state index in [2.05, 4.69) is 6.92 Å². The molecule has 1 aliphatic heterocycles. The van der Waals surface area contributed by atoms with Gasteiger partial charge in [0.15, 0.2) is 0 Å². The van der Waals surface area contributed by atoms with Crippen LogP contribution in [0, 0.1) is 5.92 Å². The number of rotatable bonds is 2. The lowest BCUT2D eigenvalue weighted by Crippen LogP contribution is -2.42. The highest BCUT2D eigenvalue weighted by atomic mass is 16.2. The molecule has 0 aliphatic carbocycles. The summed E-state index contributed by atoms with van der Waals surface area (Å²) in [5.74, 6) is 0.919. The normalized spacial score (nSPS) is 25.6. The molecular weight excluding hydrogens is 176 g/mol. The summed E-state index contributed by atoms with van der Waals surface area (Å²) in [4.78, 5) is 13.6. The molecule has 0 spiro atoms. The quantitative estimate of drug-likeness (QED) is 0.728. The van der Waals surface area contributed by atoms with Crippen LogP contribution in [0.1, 0.15) is 39.5 Å². The fraction of sp³-hybridized carbons (Fsp3) is 0.909. The first-order valence-electron chi connectivity index (χ1n) is 5.69. The van der Waals surface area contributed by atoms with Gasteiger partial charge in [-0.1, -0.05) is 13.3 Å². The van der Waals surface area contributed by atoms with Crippen molar-refractivity contribution >= 4 is 5.91 Å². The molecule has 2 N–H and O–H groups in total. The topological polar surface area (TPSA) is 46.3 Å². The predicted molar refractivity (Wildman–Crippen MR) is 57.9 cm³/mol. The second-order valence-electron chi connectivity index (χ2n) is 4.32. The number of hydrogen-bond donors (Lipinski definition) is 1. The Morgan fingerprint density at radius 3 is 2.79 bits per heavy atom. The lowest BCUT2D eigenvalue weighted by atomic mass is 9.98. The largest absolute Gasteiger partial charge is 0.341 e. The van der Waals surface area contributed by atoms with E-state index in [1.165, 1.54) is 12.8 Å². The average Bonchev–Trinajstić information content (AvgIpc) is 2.41. The third kappa shape index (κ3) is 2.98. The van der Waals surface area contributed by atoms with Crippen molar-refractivity contribution in [2.45, 2.75) is 45.6 Å². The molecule has 0 saturated carbocycles. The van der Waals surface area contributed by atoms with E-state index < -0.39 is 0 Å². The molecule has 0 aromatic heterocycles. The van der Waals surface area contributed by atoms with Gasteiger partial charge in [-0.25, -0.2) is 0 Å². The molecule has 1 heterocycles. The number of likely N-dealkylation sites (tertiary alicyclic amines) is 1. The Labute approximate surface area is 86.6 Å². The maximum atomic E-state index is 11.6. The van der Waals surface area contributed by atoms with Gasteiger partial charge in [-0.2, -0.15) is 0 Å². The van der Waals surface area contributed by atoms with E-state index in [4.69, 9.17) is 5.73 Å². The number of carbonyl (C=O) groups is 1. The van der Waals surface area contributed by atoms with Crippen molar-refractivity contribution in [1.82, 2.24) is 4.90 Å². The van der Waals surface area contributed by atoms with Crippen molar-refractivity contribution in [3.63, 3.8) is 0 Å². The molecule has 1 fully saturated rings. The van der Waals surface area contributed by atoms with Gasteiger partial charge >= 0.3 is 0 Å². The van der Waals surface area contributed by atoms with Gasteiger partial charge in [0.05, 0.1) is 6.04 Å². The van der Waals surface area contributed by atoms with E-state index in [0.717, 1.165) is 31.8 Å². The molecular formula is C11H22N2O. The van der Waals surface area contributed by atoms with E-state index in [9.17, 15) is 4.79 Å². The lowest BCUT2D eigenvalue weighted by Gasteiger charge is -2.22. The molecule has 82 valence electrons. The van der Waals surface area contributed by atoms with Crippen LogP contribution in [-0.2, 0) is 4.79 Å². The van der Waals surface area contributed by atoms with Crippen LogP contribution in [0.25, 0.3) is 0 Å². The van der Waals surface area contributed by atoms with Crippen molar-refractivity contribution in [3.8, 4) is 0 Å². The molecule has 0 aromatic rings. The zero-order valence-corrected chi connectivity index (χ0v) is 9.33. The zero-order valence-electron chi connectivity index (χ0n) is 9.33. The van der Waals surface area contributed by atoms with E-state index in [-0.39, 0.29) is 11.9 Å². The highest BCUT2D eigenvalue weighted by Gasteiger charge is 2.21. The van der Waals surface area contributed by atoms with Crippen LogP contribution in [0.2, 0.25) is 0 Å². The van der Waals surface area contributed by atoms with Crippen LogP contribution >= 0.6 is 0 Å². The second-order valence-corrected chi connectivity index (χ2v) is 4.32. The van der Waals surface area contributed by atoms with E-state index in [0.29, 0.717) is 0 Å². The monoisotopic (exact) mass is 198 g/mol. The van der Waals surface area contributed by atoms with Crippen molar-refractivity contribution in [1.29, 1.82) is 0 Å². The first kappa shape index (κ1) is 11.5. The van der Waals surface area contributed by atoms with Crippen LogP contribution in [0.15, 0.2) is 0 Å². The van der Waals surface area contributed by atoms with Crippen LogP contribution in [0.4, 0.5) is 0 Å². The van der Waals surface area contributed by atoms with Gasteiger partial charge < -0.3 is 10.6 Å². The smallest absolute Gasteiger partial charge is 0.239 e. The molecule has 0 bridgehead atoms. The molecule has 0 radical (unpaired) electrons. The van der Waals surface area contributed by atoms with Crippen molar-refractivity contribution in [3.05, 3.63) is 0 Å². The maximum absolute atomic E-state index is 11.6. The molecule has 1 aliphatic rings. The summed E-state index contributed by atoms with van der Waals surface area (Å²) in [5, 5.41) is 0. The van der Waals surface area contributed by atoms with E-state index in [1.807, 2.05) is 4.90 Å². The third-order valence-corrected chi connectivity index (χ3v) is 3.13. The first-order valence-corrected chi connectivity index (χ1v) is 5.69. The van der Waals surface area contributed by atoms with E-state index in [1.54, 1.807) is 6.92 Å². The van der Waals surface area contributed by atoms with Gasteiger partial charge in [0, 0.05) is 13.1 Å². The summed E-state index contributed by atoms with van der Waals surface area (Å²) in [5.41, 5.74) is 5.59. The van der Waals surface area contributed by atoms with Gasteiger partial charge in [-0.05, 0) is 32.1 Å². The summed E-state index contributed by atoms with van der Waals surface area (Å²) in [6.45, 7) is 5.80. The molecule has 1 amide bonds. The van der Waals surface area contributed by atoms with Gasteiger partial charge in [0.25, 0.3) is 0 Å². The lowest BCUT2D eigenvalue weighted by molar-refractivity contribution is -0.132. The molecule has 1 rings (SSSR count). The Morgan fingerprint density at radius 2 is 2.21 bits per heavy atom. The Kier molecular flexibility index (Phi) is 4.39. The minimum atomic E-state index is -0.340. The molecule has 3 heteroatoms. The van der Waals surface area contributed by atoms with Gasteiger partial charge in [-0.3, -0.25) is 4.79 Å². The number of nitrogens with zero attached hydrogens (tertiary/aromatic N) is 1. The summed E-state index contributed by atoms with van der Waals surface area (Å²) >= 11 is 0. The number of nitrogens with two attached hydrogens (primary N) is 1. The molecule has 2 unspecified atom stereocenters. The molecule has 1 saturated heterocycles. The molecule has 0 aromatic carbocycles. The van der Waals surface area contributed by atoms with Gasteiger partial charge in [0.2, 0.25) is 5.91 Å². The fourth-order valence-corrected chi connectivity index (χ4v) is 2.08. The number of carbonyl (C=O) groups excluding carboxylic acids is 1. The van der Waals surface area contributed by atoms with Crippen LogP contribution < -0.4 is 5.73 Å². The summed E-state index contributed by atoms with van der Waals surface area (Å²) < 4.78 is 0. The number of amides is 1. The summed E-state index contributed by atoms with van der Waals surface area (Å²) in [6, 6.07) is -0.340. The average molecular weight is 198 g/mol. The fourth-order valence-electron chi connectivity index (χ4n) is 2.08. The molecule has 3 nitrogen and oxygen atoms in total. The SMILES string of the molecule is CCC1CCCN(C(=O)C(C)N)CC1. The third-order valence-electron chi connectivity index (χ3n) is 3.13. The minimum Gasteiger partial charge on any atom is -0.341 e. The van der Waals surface area contributed by atoms with Crippen LogP contribution in [0.5, 0.6) is 0 Å². The Bertz CT molecular complexity index is 192. The number of hydrogen-bond acceptors (Lipinski definition) is 2.